The van der Waals surface area contributed by atoms with E-state index in [2.05, 4.69) is 25.7 Å². The summed E-state index contributed by atoms with van der Waals surface area (Å²) in [6.07, 6.45) is 3.30. The average Bonchev–Trinajstić information content (AvgIpc) is 3.19. The van der Waals surface area contributed by atoms with Gasteiger partial charge in [-0.15, -0.1) is 16.5 Å². The van der Waals surface area contributed by atoms with Gasteiger partial charge in [-0.05, 0) is 48.4 Å². The Kier molecular flexibility index (Phi) is 8.05. The van der Waals surface area contributed by atoms with Crippen LogP contribution < -0.4 is 15.8 Å². The van der Waals surface area contributed by atoms with E-state index in [1.54, 1.807) is 37.3 Å². The molecule has 0 bridgehead atoms. The lowest BCUT2D eigenvalue weighted by atomic mass is 10.1. The Morgan fingerprint density at radius 1 is 0.974 bits per heavy atom. The number of sulfonamides is 1. The van der Waals surface area contributed by atoms with Crippen LogP contribution in [0.25, 0.3) is 10.9 Å². The van der Waals surface area contributed by atoms with Crippen LogP contribution in [0.5, 0.6) is 0 Å². The van der Waals surface area contributed by atoms with Crippen LogP contribution in [0.2, 0.25) is 0 Å². The van der Waals surface area contributed by atoms with Crippen LogP contribution in [0.15, 0.2) is 58.6 Å². The van der Waals surface area contributed by atoms with Gasteiger partial charge in [-0.1, -0.05) is 12.1 Å². The first-order chi connectivity index (χ1) is 17.1. The smallest absolute Gasteiger partial charge is 0.252 e. The number of aromatic nitrogens is 4. The Morgan fingerprint density at radius 3 is 2.32 bits per heavy atom. The van der Waals surface area contributed by atoms with Gasteiger partial charge >= 0.3 is 0 Å². The minimum atomic E-state index is -3.94. The molecule has 0 unspecified atom stereocenters. The largest absolute Gasteiger partial charge is 0.366 e. The number of aryl methyl sites for hydroxylation is 1. The first-order valence-corrected chi connectivity index (χ1v) is 15.8. The maximum Gasteiger partial charge on any atom is 0.252 e. The second-order valence-electron chi connectivity index (χ2n) is 8.30. The van der Waals surface area contributed by atoms with Crippen molar-refractivity contribution in [1.82, 2.24) is 19.2 Å². The van der Waals surface area contributed by atoms with Crippen molar-refractivity contribution >= 4 is 70.6 Å². The summed E-state index contributed by atoms with van der Waals surface area (Å²) >= 11 is 0. The molecule has 0 saturated carbocycles. The molecule has 0 fully saturated rings. The molecule has 4 rings (SSSR count). The molecule has 17 heteroatoms. The van der Waals surface area contributed by atoms with Crippen molar-refractivity contribution in [2.45, 2.75) is 23.4 Å². The SMILES string of the molecule is Cc1ccc(Nc2nccc(NCc3ccc4c(S(C)(=O)=O)n(S(C)(=O)=O)nc4c3)n2)cc1S(N)(=O)=O.Cl. The second kappa shape index (κ2) is 10.5. The van der Waals surface area contributed by atoms with Crippen molar-refractivity contribution in [2.75, 3.05) is 23.1 Å². The third kappa shape index (κ3) is 6.39. The third-order valence-corrected chi connectivity index (χ3v) is 8.37. The Hall–Kier alpha value is -3.31. The normalized spacial score (nSPS) is 12.2. The van der Waals surface area contributed by atoms with Gasteiger partial charge in [-0.2, -0.15) is 10.1 Å². The molecule has 4 N–H and O–H groups in total. The molecular weight excluding hydrogens is 578 g/mol. The molecule has 4 aromatic rings. The summed E-state index contributed by atoms with van der Waals surface area (Å²) in [6, 6.07) is 11.0. The van der Waals surface area contributed by atoms with Crippen molar-refractivity contribution in [3.8, 4) is 0 Å². The summed E-state index contributed by atoms with van der Waals surface area (Å²) in [5.74, 6) is 0.643. The molecule has 0 spiro atoms. The van der Waals surface area contributed by atoms with Crippen molar-refractivity contribution in [1.29, 1.82) is 0 Å². The summed E-state index contributed by atoms with van der Waals surface area (Å²) in [7, 11) is -11.7. The third-order valence-electron chi connectivity index (χ3n) is 5.21. The zero-order valence-electron chi connectivity index (χ0n) is 20.3. The Labute approximate surface area is 225 Å². The van der Waals surface area contributed by atoms with Gasteiger partial charge in [0, 0.05) is 30.1 Å². The zero-order chi connectivity index (χ0) is 27.2. The number of nitrogens with zero attached hydrogens (tertiary/aromatic N) is 4. The van der Waals surface area contributed by atoms with Crippen LogP contribution >= 0.6 is 12.4 Å². The highest BCUT2D eigenvalue weighted by Gasteiger charge is 2.25. The summed E-state index contributed by atoms with van der Waals surface area (Å²) in [6.45, 7) is 1.89. The summed E-state index contributed by atoms with van der Waals surface area (Å²) < 4.78 is 72.7. The molecule has 2 aromatic heterocycles. The highest BCUT2D eigenvalue weighted by molar-refractivity contribution is 7.93. The van der Waals surface area contributed by atoms with Crippen LogP contribution in [0, 0.1) is 6.92 Å². The fraction of sp³-hybridized carbons (Fsp3) is 0.190. The molecule has 13 nitrogen and oxygen atoms in total. The quantitative estimate of drug-likeness (QED) is 0.266. The Balaban J connectivity index is 0.00000400. The number of fused-ring (bicyclic) bond motifs is 1. The van der Waals surface area contributed by atoms with E-state index >= 15 is 0 Å². The average molecular weight is 602 g/mol. The number of nitrogens with two attached hydrogens (primary N) is 1. The number of benzene rings is 2. The molecule has 204 valence electrons. The highest BCUT2D eigenvalue weighted by Crippen LogP contribution is 2.26. The minimum absolute atomic E-state index is 0. The maximum atomic E-state index is 12.2. The number of sulfone groups is 1. The maximum absolute atomic E-state index is 12.2. The first-order valence-electron chi connectivity index (χ1n) is 10.5. The van der Waals surface area contributed by atoms with E-state index in [9.17, 15) is 25.3 Å². The summed E-state index contributed by atoms with van der Waals surface area (Å²) in [5, 5.41) is 15.1. The van der Waals surface area contributed by atoms with Crippen molar-refractivity contribution in [3.63, 3.8) is 0 Å². The van der Waals surface area contributed by atoms with Gasteiger partial charge in [-0.3, -0.25) is 0 Å². The molecule has 0 saturated heterocycles. The van der Waals surface area contributed by atoms with Crippen molar-refractivity contribution in [3.05, 3.63) is 59.8 Å². The van der Waals surface area contributed by atoms with Crippen LogP contribution in [-0.2, 0) is 36.4 Å². The first kappa shape index (κ1) is 29.2. The molecule has 0 amide bonds. The number of rotatable bonds is 8. The number of anilines is 3. The monoisotopic (exact) mass is 601 g/mol. The van der Waals surface area contributed by atoms with Gasteiger partial charge in [0.15, 0.2) is 14.9 Å². The van der Waals surface area contributed by atoms with Crippen LogP contribution in [-0.4, -0.2) is 56.9 Å². The van der Waals surface area contributed by atoms with Gasteiger partial charge in [0.25, 0.3) is 10.0 Å². The molecule has 2 aromatic carbocycles. The topological polar surface area (TPSA) is 196 Å². The molecular formula is C21H24ClN7O6S3. The Bertz CT molecular complexity index is 1860. The predicted octanol–water partition coefficient (Wildman–Crippen LogP) is 1.77. The molecule has 0 aliphatic rings. The number of primary sulfonamides is 1. The predicted molar refractivity (Wildman–Crippen MR) is 146 cm³/mol. The fourth-order valence-corrected chi connectivity index (χ4v) is 6.74. The molecule has 0 atom stereocenters. The fourth-order valence-electron chi connectivity index (χ4n) is 3.59. The number of nitrogens with one attached hydrogen (secondary N) is 2. The standard InChI is InChI=1S/C21H23N7O6S3.ClH/c1-13-4-6-15(11-18(13)37(22,33)34)25-21-23-9-8-19(26-21)24-12-14-5-7-16-17(10-14)27-28(36(3,31)32)20(16)35(2,29)30;/h4-11H,12H2,1-3H3,(H2,22,33,34)(H2,23,24,25,26);1H. The van der Waals surface area contributed by atoms with E-state index in [0.717, 1.165) is 12.5 Å². The zero-order valence-corrected chi connectivity index (χ0v) is 23.5. The van der Waals surface area contributed by atoms with Crippen LogP contribution in [0.1, 0.15) is 11.1 Å². The number of halogens is 1. The molecule has 0 radical (unpaired) electrons. The van der Waals surface area contributed by atoms with Crippen LogP contribution in [0.3, 0.4) is 0 Å². The molecule has 2 heterocycles. The lowest BCUT2D eigenvalue weighted by molar-refractivity contribution is 0.570. The van der Waals surface area contributed by atoms with Gasteiger partial charge < -0.3 is 10.6 Å². The Morgan fingerprint density at radius 2 is 1.68 bits per heavy atom. The lowest BCUT2D eigenvalue weighted by Crippen LogP contribution is -2.17. The van der Waals surface area contributed by atoms with E-state index in [4.69, 9.17) is 5.14 Å². The number of hydrogen-bond acceptors (Lipinski definition) is 11. The molecule has 38 heavy (non-hydrogen) atoms. The number of hydrogen-bond donors (Lipinski definition) is 3. The second-order valence-corrected chi connectivity index (χ2v) is 13.6. The minimum Gasteiger partial charge on any atom is -0.366 e. The van der Waals surface area contributed by atoms with Gasteiger partial charge in [0.1, 0.15) is 5.82 Å². The van der Waals surface area contributed by atoms with Gasteiger partial charge in [0.05, 0.1) is 16.7 Å². The van der Waals surface area contributed by atoms with Crippen molar-refractivity contribution in [2.24, 2.45) is 5.14 Å². The van der Waals surface area contributed by atoms with E-state index in [-0.39, 0.29) is 40.7 Å². The van der Waals surface area contributed by atoms with Crippen molar-refractivity contribution < 1.29 is 25.3 Å². The van der Waals surface area contributed by atoms with E-state index < -0.39 is 34.9 Å². The lowest BCUT2D eigenvalue weighted by Gasteiger charge is -2.10. The summed E-state index contributed by atoms with van der Waals surface area (Å²) in [4.78, 5) is 8.47. The molecule has 0 aliphatic carbocycles. The highest BCUT2D eigenvalue weighted by atomic mass is 35.5. The van der Waals surface area contributed by atoms with E-state index in [1.165, 1.54) is 18.3 Å². The van der Waals surface area contributed by atoms with E-state index in [0.29, 0.717) is 26.7 Å². The molecule has 0 aliphatic heterocycles. The summed E-state index contributed by atoms with van der Waals surface area (Å²) in [5.41, 5.74) is 1.84. The van der Waals surface area contributed by atoms with Crippen LogP contribution in [0.4, 0.5) is 17.5 Å². The van der Waals surface area contributed by atoms with Gasteiger partial charge in [0.2, 0.25) is 16.0 Å². The van der Waals surface area contributed by atoms with Gasteiger partial charge in [-0.25, -0.2) is 35.4 Å². The van der Waals surface area contributed by atoms with E-state index in [1.807, 2.05) is 0 Å².